The summed E-state index contributed by atoms with van der Waals surface area (Å²) in [4.78, 5) is 26.2. The van der Waals surface area contributed by atoms with Crippen molar-refractivity contribution in [1.29, 1.82) is 0 Å². The number of hydrogen-bond acceptors (Lipinski definition) is 3. The van der Waals surface area contributed by atoms with Gasteiger partial charge in [-0.05, 0) is 79.0 Å². The lowest BCUT2D eigenvalue weighted by molar-refractivity contribution is -0.274. The highest BCUT2D eigenvalue weighted by atomic mass is 19.4. The van der Waals surface area contributed by atoms with Crippen LogP contribution < -0.4 is 10.1 Å². The van der Waals surface area contributed by atoms with Gasteiger partial charge in [-0.15, -0.1) is 13.2 Å². The number of aromatic carboxylic acids is 1. The minimum absolute atomic E-state index is 0.0133. The molecule has 6 nitrogen and oxygen atoms in total. The average Bonchev–Trinajstić information content (AvgIpc) is 2.77. The van der Waals surface area contributed by atoms with E-state index in [2.05, 4.69) is 30.8 Å². The number of carbonyl (C=O) groups is 2. The number of urea groups is 1. The van der Waals surface area contributed by atoms with E-state index < -0.39 is 12.3 Å². The van der Waals surface area contributed by atoms with Gasteiger partial charge in [0.2, 0.25) is 0 Å². The number of carboxylic acids is 1. The molecule has 1 aliphatic carbocycles. The number of nitrogens with zero attached hydrogens (tertiary/aromatic N) is 1. The van der Waals surface area contributed by atoms with Crippen LogP contribution in [0.1, 0.15) is 62.4 Å². The number of amides is 2. The van der Waals surface area contributed by atoms with E-state index in [1.165, 1.54) is 24.3 Å². The van der Waals surface area contributed by atoms with E-state index in [1.807, 2.05) is 0 Å². The fraction of sp³-hybridized carbons (Fsp3) is 0.462. The second-order valence-electron chi connectivity index (χ2n) is 10.0. The zero-order chi connectivity index (χ0) is 25.8. The number of anilines is 1. The molecular weight excluding hydrogens is 461 g/mol. The van der Waals surface area contributed by atoms with E-state index in [0.717, 1.165) is 43.4 Å². The first-order valence-corrected chi connectivity index (χ1v) is 11.6. The quantitative estimate of drug-likeness (QED) is 0.459. The Kier molecular flexibility index (Phi) is 7.97. The van der Waals surface area contributed by atoms with Gasteiger partial charge in [-0.1, -0.05) is 32.9 Å². The Labute approximate surface area is 203 Å². The minimum atomic E-state index is -4.79. The highest BCUT2D eigenvalue weighted by molar-refractivity contribution is 5.90. The van der Waals surface area contributed by atoms with Crippen LogP contribution in [0, 0.1) is 11.3 Å². The molecule has 0 aromatic heterocycles. The van der Waals surface area contributed by atoms with E-state index in [-0.39, 0.29) is 35.3 Å². The molecule has 0 bridgehead atoms. The molecule has 3 rings (SSSR count). The van der Waals surface area contributed by atoms with Gasteiger partial charge in [-0.3, -0.25) is 0 Å². The van der Waals surface area contributed by atoms with E-state index in [9.17, 15) is 22.8 Å². The minimum Gasteiger partial charge on any atom is -0.478 e. The van der Waals surface area contributed by atoms with E-state index >= 15 is 0 Å². The first-order valence-electron chi connectivity index (χ1n) is 11.6. The van der Waals surface area contributed by atoms with Crippen molar-refractivity contribution in [2.75, 3.05) is 5.32 Å². The molecule has 0 spiro atoms. The van der Waals surface area contributed by atoms with Crippen LogP contribution in [0.2, 0.25) is 0 Å². The van der Waals surface area contributed by atoms with Crippen LogP contribution in [0.3, 0.4) is 0 Å². The molecule has 2 amide bonds. The Hall–Kier alpha value is -3.23. The van der Waals surface area contributed by atoms with Gasteiger partial charge < -0.3 is 20.1 Å². The largest absolute Gasteiger partial charge is 0.573 e. The van der Waals surface area contributed by atoms with Crippen LogP contribution in [0.4, 0.5) is 23.7 Å². The summed E-state index contributed by atoms with van der Waals surface area (Å²) < 4.78 is 41.1. The molecule has 0 radical (unpaired) electrons. The lowest BCUT2D eigenvalue weighted by Gasteiger charge is -2.41. The number of rotatable bonds is 6. The molecule has 2 aromatic rings. The Morgan fingerprint density at radius 2 is 1.54 bits per heavy atom. The Balaban J connectivity index is 1.75. The van der Waals surface area contributed by atoms with Crippen molar-refractivity contribution in [2.45, 2.75) is 65.4 Å². The predicted octanol–water partition coefficient (Wildman–Crippen LogP) is 6.92. The van der Waals surface area contributed by atoms with E-state index in [4.69, 9.17) is 5.11 Å². The lowest BCUT2D eigenvalue weighted by atomic mass is 9.71. The van der Waals surface area contributed by atoms with Crippen LogP contribution in [-0.4, -0.2) is 34.4 Å². The molecule has 0 aliphatic heterocycles. The SMILES string of the molecule is CC(C)(C)[C@H]1CC[C@H](N(Cc2ccc(C(=O)O)cc2)C(=O)Nc2ccc(OC(F)(F)F)cc2)CC1. The number of nitrogens with one attached hydrogen (secondary N) is 1. The van der Waals surface area contributed by atoms with Crippen LogP contribution in [0.15, 0.2) is 48.5 Å². The Morgan fingerprint density at radius 1 is 0.971 bits per heavy atom. The number of alkyl halides is 3. The highest BCUT2D eigenvalue weighted by Crippen LogP contribution is 2.39. The van der Waals surface area contributed by atoms with Crippen molar-refractivity contribution in [3.05, 3.63) is 59.7 Å². The number of hydrogen-bond donors (Lipinski definition) is 2. The topological polar surface area (TPSA) is 78.9 Å². The fourth-order valence-corrected chi connectivity index (χ4v) is 4.50. The second-order valence-corrected chi connectivity index (χ2v) is 10.0. The summed E-state index contributed by atoms with van der Waals surface area (Å²) in [6, 6.07) is 11.0. The third-order valence-corrected chi connectivity index (χ3v) is 6.52. The standard InChI is InChI=1S/C26H31F3N2O4/c1-25(2,3)19-8-12-21(13-9-19)31(16-17-4-6-18(7-5-17)23(32)33)24(34)30-20-10-14-22(15-11-20)35-26(27,28)29/h4-7,10-11,14-15,19,21H,8-9,12-13,16H2,1-3H3,(H,30,34)(H,32,33)/t19-,21-. The molecule has 0 atom stereocenters. The van der Waals surface area contributed by atoms with Crippen molar-refractivity contribution in [3.8, 4) is 5.75 Å². The van der Waals surface area contributed by atoms with Crippen molar-refractivity contribution in [2.24, 2.45) is 11.3 Å². The van der Waals surface area contributed by atoms with Gasteiger partial charge in [-0.25, -0.2) is 9.59 Å². The monoisotopic (exact) mass is 492 g/mol. The fourth-order valence-electron chi connectivity index (χ4n) is 4.50. The van der Waals surface area contributed by atoms with Gasteiger partial charge in [0.15, 0.2) is 0 Å². The summed E-state index contributed by atoms with van der Waals surface area (Å²) in [7, 11) is 0. The smallest absolute Gasteiger partial charge is 0.478 e. The summed E-state index contributed by atoms with van der Waals surface area (Å²) in [6.07, 6.45) is -1.15. The molecule has 1 aliphatic rings. The third kappa shape index (κ3) is 7.63. The Morgan fingerprint density at radius 3 is 2.03 bits per heavy atom. The number of benzene rings is 2. The molecule has 2 aromatic carbocycles. The van der Waals surface area contributed by atoms with Crippen LogP contribution in [-0.2, 0) is 6.54 Å². The molecule has 190 valence electrons. The molecule has 0 saturated heterocycles. The number of ether oxygens (including phenoxy) is 1. The van der Waals surface area contributed by atoms with Gasteiger partial charge in [0.25, 0.3) is 0 Å². The number of carboxylic acid groups (broad SMARTS) is 1. The van der Waals surface area contributed by atoms with Gasteiger partial charge >= 0.3 is 18.4 Å². The zero-order valence-corrected chi connectivity index (χ0v) is 20.1. The molecule has 35 heavy (non-hydrogen) atoms. The normalized spacial score (nSPS) is 18.6. The molecule has 1 fully saturated rings. The van der Waals surface area contributed by atoms with Crippen molar-refractivity contribution in [3.63, 3.8) is 0 Å². The van der Waals surface area contributed by atoms with Crippen molar-refractivity contribution >= 4 is 17.7 Å². The van der Waals surface area contributed by atoms with Gasteiger partial charge in [0.1, 0.15) is 5.75 Å². The molecule has 0 heterocycles. The van der Waals surface area contributed by atoms with E-state index in [1.54, 1.807) is 17.0 Å². The van der Waals surface area contributed by atoms with Crippen molar-refractivity contribution in [1.82, 2.24) is 4.90 Å². The highest BCUT2D eigenvalue weighted by Gasteiger charge is 2.34. The van der Waals surface area contributed by atoms with Crippen LogP contribution >= 0.6 is 0 Å². The maximum atomic E-state index is 13.3. The molecular formula is C26H31F3N2O4. The first-order chi connectivity index (χ1) is 16.3. The second kappa shape index (κ2) is 10.6. The average molecular weight is 493 g/mol. The maximum Gasteiger partial charge on any atom is 0.573 e. The zero-order valence-electron chi connectivity index (χ0n) is 20.1. The van der Waals surface area contributed by atoms with Gasteiger partial charge in [0, 0.05) is 18.3 Å². The predicted molar refractivity (Wildman–Crippen MR) is 126 cm³/mol. The third-order valence-electron chi connectivity index (χ3n) is 6.52. The molecule has 2 N–H and O–H groups in total. The first kappa shape index (κ1) is 26.4. The maximum absolute atomic E-state index is 13.3. The Bertz CT molecular complexity index is 1010. The van der Waals surface area contributed by atoms with Crippen molar-refractivity contribution < 1.29 is 32.6 Å². The number of halogens is 3. The summed E-state index contributed by atoms with van der Waals surface area (Å²) in [5.74, 6) is -0.837. The summed E-state index contributed by atoms with van der Waals surface area (Å²) >= 11 is 0. The van der Waals surface area contributed by atoms with Crippen LogP contribution in [0.25, 0.3) is 0 Å². The summed E-state index contributed by atoms with van der Waals surface area (Å²) in [5.41, 5.74) is 1.48. The lowest BCUT2D eigenvalue weighted by Crippen LogP contribution is -2.45. The molecule has 9 heteroatoms. The number of carbonyl (C=O) groups excluding carboxylic acids is 1. The summed E-state index contributed by atoms with van der Waals surface area (Å²) in [6.45, 7) is 6.95. The summed E-state index contributed by atoms with van der Waals surface area (Å²) in [5, 5.41) is 11.9. The van der Waals surface area contributed by atoms with Gasteiger partial charge in [-0.2, -0.15) is 0 Å². The van der Waals surface area contributed by atoms with E-state index in [0.29, 0.717) is 11.6 Å². The van der Waals surface area contributed by atoms with Crippen LogP contribution in [0.5, 0.6) is 5.75 Å². The van der Waals surface area contributed by atoms with Gasteiger partial charge in [0.05, 0.1) is 5.56 Å². The molecule has 1 saturated carbocycles. The molecule has 0 unspecified atom stereocenters.